The van der Waals surface area contributed by atoms with E-state index in [1.807, 2.05) is 6.92 Å². The van der Waals surface area contributed by atoms with Crippen molar-refractivity contribution in [3.05, 3.63) is 29.8 Å². The summed E-state index contributed by atoms with van der Waals surface area (Å²) in [6, 6.07) is 4.38. The Morgan fingerprint density at radius 1 is 1.50 bits per heavy atom. The molecular weight excluding hydrogens is 229 g/mol. The molecule has 0 amide bonds. The number of ether oxygens (including phenoxy) is 1. The van der Waals surface area contributed by atoms with Gasteiger partial charge in [0.25, 0.3) is 5.19 Å². The lowest BCUT2D eigenvalue weighted by Gasteiger charge is -2.05. The predicted molar refractivity (Wildman–Crippen MR) is 60.2 cm³/mol. The molecule has 2 rings (SSSR count). The van der Waals surface area contributed by atoms with E-state index in [1.165, 1.54) is 12.1 Å². The summed E-state index contributed by atoms with van der Waals surface area (Å²) in [7, 11) is 0. The van der Waals surface area contributed by atoms with Crippen LogP contribution in [0, 0.1) is 5.82 Å². The second kappa shape index (κ2) is 4.44. The minimum atomic E-state index is -0.506. The molecule has 4 nitrogen and oxygen atoms in total. The van der Waals surface area contributed by atoms with Crippen molar-refractivity contribution < 1.29 is 9.13 Å². The number of nitrogens with zero attached hydrogens (tertiary/aromatic N) is 2. The Balaban J connectivity index is 2.26. The molecule has 0 aliphatic heterocycles. The van der Waals surface area contributed by atoms with E-state index >= 15 is 0 Å². The van der Waals surface area contributed by atoms with Crippen LogP contribution in [-0.2, 0) is 6.42 Å². The number of aryl methyl sites for hydroxylation is 1. The first-order valence-electron chi connectivity index (χ1n) is 4.75. The number of halogens is 1. The molecule has 16 heavy (non-hydrogen) atoms. The fourth-order valence-corrected chi connectivity index (χ4v) is 1.76. The van der Waals surface area contributed by atoms with Gasteiger partial charge in [-0.3, -0.25) is 0 Å². The third-order valence-electron chi connectivity index (χ3n) is 1.95. The number of hydrogen-bond donors (Lipinski definition) is 1. The van der Waals surface area contributed by atoms with Crippen LogP contribution in [0.3, 0.4) is 0 Å². The molecule has 1 aromatic carbocycles. The van der Waals surface area contributed by atoms with Gasteiger partial charge in [-0.1, -0.05) is 13.0 Å². The average Bonchev–Trinajstić information content (AvgIpc) is 2.71. The van der Waals surface area contributed by atoms with Crippen molar-refractivity contribution in [3.63, 3.8) is 0 Å². The molecule has 2 aromatic rings. The number of anilines is 1. The zero-order valence-electron chi connectivity index (χ0n) is 8.61. The van der Waals surface area contributed by atoms with E-state index in [2.05, 4.69) is 9.36 Å². The Bertz CT molecular complexity index is 480. The number of nitrogen functional groups attached to an aromatic ring is 1. The highest BCUT2D eigenvalue weighted by atomic mass is 32.1. The number of rotatable bonds is 3. The minimum Gasteiger partial charge on any atom is -0.424 e. The zero-order valence-corrected chi connectivity index (χ0v) is 9.42. The summed E-state index contributed by atoms with van der Waals surface area (Å²) in [5.41, 5.74) is 5.84. The molecule has 0 saturated heterocycles. The highest BCUT2D eigenvalue weighted by Gasteiger charge is 2.11. The molecule has 1 aromatic heterocycles. The first kappa shape index (κ1) is 10.8. The molecule has 0 aliphatic rings. The number of nitrogens with two attached hydrogens (primary N) is 1. The maximum atomic E-state index is 13.4. The van der Waals surface area contributed by atoms with Gasteiger partial charge in [-0.05, 0) is 12.1 Å². The molecule has 0 fully saturated rings. The smallest absolute Gasteiger partial charge is 0.298 e. The van der Waals surface area contributed by atoms with E-state index in [-0.39, 0.29) is 11.4 Å². The van der Waals surface area contributed by atoms with Gasteiger partial charge in [0.1, 0.15) is 5.82 Å². The molecule has 0 unspecified atom stereocenters. The van der Waals surface area contributed by atoms with Crippen LogP contribution in [0.1, 0.15) is 12.7 Å². The summed E-state index contributed by atoms with van der Waals surface area (Å²) in [5.74, 6) is 0.171. The van der Waals surface area contributed by atoms with Crippen LogP contribution in [0.2, 0.25) is 0 Å². The second-order valence-corrected chi connectivity index (χ2v) is 3.80. The van der Waals surface area contributed by atoms with E-state index in [4.69, 9.17) is 10.5 Å². The standard InChI is InChI=1S/C10H10FN3OS/c1-2-8-13-10(16-14-8)15-9-6(11)4-3-5-7(9)12/h3-5H,2,12H2,1H3. The van der Waals surface area contributed by atoms with Crippen molar-refractivity contribution >= 4 is 17.2 Å². The van der Waals surface area contributed by atoms with Crippen molar-refractivity contribution in [1.82, 2.24) is 9.36 Å². The van der Waals surface area contributed by atoms with Crippen LogP contribution < -0.4 is 10.5 Å². The lowest BCUT2D eigenvalue weighted by Crippen LogP contribution is -1.94. The second-order valence-electron chi connectivity index (χ2n) is 3.09. The van der Waals surface area contributed by atoms with Crippen molar-refractivity contribution in [2.24, 2.45) is 0 Å². The van der Waals surface area contributed by atoms with E-state index in [9.17, 15) is 4.39 Å². The van der Waals surface area contributed by atoms with Crippen molar-refractivity contribution in [3.8, 4) is 10.9 Å². The number of hydrogen-bond acceptors (Lipinski definition) is 5. The quantitative estimate of drug-likeness (QED) is 0.836. The highest BCUT2D eigenvalue weighted by Crippen LogP contribution is 2.30. The van der Waals surface area contributed by atoms with Crippen LogP contribution >= 0.6 is 11.5 Å². The van der Waals surface area contributed by atoms with E-state index in [0.717, 1.165) is 11.5 Å². The highest BCUT2D eigenvalue weighted by molar-refractivity contribution is 7.07. The van der Waals surface area contributed by atoms with E-state index in [1.54, 1.807) is 6.07 Å². The van der Waals surface area contributed by atoms with Gasteiger partial charge in [-0.25, -0.2) is 4.39 Å². The topological polar surface area (TPSA) is 61.0 Å². The molecular formula is C10H10FN3OS. The SMILES string of the molecule is CCc1nsc(Oc2c(N)cccc2F)n1. The Labute approximate surface area is 96.1 Å². The summed E-state index contributed by atoms with van der Waals surface area (Å²) in [6.07, 6.45) is 0.715. The Kier molecular flexibility index (Phi) is 3.00. The number of benzene rings is 1. The summed E-state index contributed by atoms with van der Waals surface area (Å²) in [5, 5.41) is 0.300. The van der Waals surface area contributed by atoms with Crippen LogP contribution in [0.15, 0.2) is 18.2 Å². The molecule has 84 valence electrons. The van der Waals surface area contributed by atoms with Gasteiger partial charge in [0.05, 0.1) is 5.69 Å². The van der Waals surface area contributed by atoms with Crippen molar-refractivity contribution in [1.29, 1.82) is 0 Å². The monoisotopic (exact) mass is 239 g/mol. The van der Waals surface area contributed by atoms with Gasteiger partial charge in [0.2, 0.25) is 0 Å². The van der Waals surface area contributed by atoms with Crippen LogP contribution in [0.25, 0.3) is 0 Å². The van der Waals surface area contributed by atoms with Crippen molar-refractivity contribution in [2.45, 2.75) is 13.3 Å². The molecule has 0 atom stereocenters. The molecule has 0 bridgehead atoms. The van der Waals surface area contributed by atoms with E-state index < -0.39 is 5.82 Å². The first-order chi connectivity index (χ1) is 7.70. The van der Waals surface area contributed by atoms with Gasteiger partial charge in [-0.2, -0.15) is 9.36 Å². The molecule has 6 heteroatoms. The summed E-state index contributed by atoms with van der Waals surface area (Å²) >= 11 is 1.08. The normalized spacial score (nSPS) is 10.4. The summed E-state index contributed by atoms with van der Waals surface area (Å²) in [6.45, 7) is 1.93. The first-order valence-corrected chi connectivity index (χ1v) is 5.52. The summed E-state index contributed by atoms with van der Waals surface area (Å²) in [4.78, 5) is 4.07. The van der Waals surface area contributed by atoms with Gasteiger partial charge in [0, 0.05) is 18.0 Å². The van der Waals surface area contributed by atoms with Crippen molar-refractivity contribution in [2.75, 3.05) is 5.73 Å². The number of aromatic nitrogens is 2. The van der Waals surface area contributed by atoms with Gasteiger partial charge in [-0.15, -0.1) is 0 Å². The zero-order chi connectivity index (χ0) is 11.5. The molecule has 1 heterocycles. The maximum absolute atomic E-state index is 13.4. The van der Waals surface area contributed by atoms with E-state index in [0.29, 0.717) is 17.4 Å². The molecule has 0 spiro atoms. The lowest BCUT2D eigenvalue weighted by molar-refractivity contribution is 0.441. The minimum absolute atomic E-state index is 0.00121. The Morgan fingerprint density at radius 2 is 2.31 bits per heavy atom. The molecule has 0 saturated carbocycles. The fraction of sp³-hybridized carbons (Fsp3) is 0.200. The van der Waals surface area contributed by atoms with Gasteiger partial charge < -0.3 is 10.5 Å². The lowest BCUT2D eigenvalue weighted by atomic mass is 10.3. The summed E-state index contributed by atoms with van der Waals surface area (Å²) < 4.78 is 22.7. The largest absolute Gasteiger partial charge is 0.424 e. The van der Waals surface area contributed by atoms with Gasteiger partial charge in [0.15, 0.2) is 11.6 Å². The average molecular weight is 239 g/mol. The Hall–Kier alpha value is -1.69. The number of para-hydroxylation sites is 1. The predicted octanol–water partition coefficient (Wildman–Crippen LogP) is 2.61. The third kappa shape index (κ3) is 2.11. The molecule has 0 aliphatic carbocycles. The van der Waals surface area contributed by atoms with Crippen LogP contribution in [0.4, 0.5) is 10.1 Å². The van der Waals surface area contributed by atoms with Crippen LogP contribution in [-0.4, -0.2) is 9.36 Å². The third-order valence-corrected chi connectivity index (χ3v) is 2.59. The fourth-order valence-electron chi connectivity index (χ4n) is 1.14. The van der Waals surface area contributed by atoms with Gasteiger partial charge >= 0.3 is 0 Å². The van der Waals surface area contributed by atoms with Crippen LogP contribution in [0.5, 0.6) is 10.9 Å². The maximum Gasteiger partial charge on any atom is 0.298 e. The Morgan fingerprint density at radius 3 is 2.94 bits per heavy atom. The molecule has 0 radical (unpaired) electrons. The molecule has 2 N–H and O–H groups in total.